The van der Waals surface area contributed by atoms with Crippen molar-refractivity contribution in [3.8, 4) is 11.5 Å². The SMILES string of the molecule is COc1cc2c(cc1OC)C(OC)(OC)OCC2. The fraction of sp³-hybridized carbons (Fsp3) is 0.538. The Labute approximate surface area is 107 Å². The molecule has 0 bridgehead atoms. The molecule has 0 fully saturated rings. The Bertz CT molecular complexity index is 426. The lowest BCUT2D eigenvalue weighted by atomic mass is 9.99. The Morgan fingerprint density at radius 1 is 1.00 bits per heavy atom. The van der Waals surface area contributed by atoms with E-state index in [2.05, 4.69) is 0 Å². The first-order valence-corrected chi connectivity index (χ1v) is 5.70. The summed E-state index contributed by atoms with van der Waals surface area (Å²) in [6.07, 6.45) is 0.782. The van der Waals surface area contributed by atoms with Gasteiger partial charge in [0.15, 0.2) is 11.5 Å². The molecular formula is C13H18O5. The Hall–Kier alpha value is -1.30. The molecule has 2 rings (SSSR count). The van der Waals surface area contributed by atoms with Crippen molar-refractivity contribution >= 4 is 0 Å². The molecule has 0 saturated carbocycles. The second-order valence-electron chi connectivity index (χ2n) is 3.93. The van der Waals surface area contributed by atoms with E-state index in [4.69, 9.17) is 23.7 Å². The standard InChI is InChI=1S/C13H18O5/c1-14-11-7-9-5-6-18-13(16-3,17-4)10(9)8-12(11)15-2/h7-8H,5-6H2,1-4H3. The van der Waals surface area contributed by atoms with Gasteiger partial charge in [0.25, 0.3) is 0 Å². The van der Waals surface area contributed by atoms with Gasteiger partial charge < -0.3 is 23.7 Å². The van der Waals surface area contributed by atoms with Gasteiger partial charge in [0.05, 0.1) is 20.8 Å². The number of hydrogen-bond acceptors (Lipinski definition) is 5. The molecule has 1 aromatic rings. The third-order valence-electron chi connectivity index (χ3n) is 3.14. The Balaban J connectivity index is 2.56. The molecule has 0 aliphatic carbocycles. The fourth-order valence-electron chi connectivity index (χ4n) is 2.21. The molecule has 0 N–H and O–H groups in total. The van der Waals surface area contributed by atoms with Gasteiger partial charge in [0.1, 0.15) is 0 Å². The minimum absolute atomic E-state index is 0.532. The molecule has 1 aliphatic rings. The van der Waals surface area contributed by atoms with Crippen molar-refractivity contribution in [2.24, 2.45) is 0 Å². The average Bonchev–Trinajstić information content (AvgIpc) is 2.44. The number of benzene rings is 1. The van der Waals surface area contributed by atoms with E-state index in [-0.39, 0.29) is 0 Å². The van der Waals surface area contributed by atoms with Gasteiger partial charge in [-0.2, -0.15) is 0 Å². The van der Waals surface area contributed by atoms with Crippen molar-refractivity contribution in [1.29, 1.82) is 0 Å². The van der Waals surface area contributed by atoms with Gasteiger partial charge in [0, 0.05) is 19.8 Å². The Kier molecular flexibility index (Phi) is 3.75. The molecule has 1 aromatic carbocycles. The Morgan fingerprint density at radius 2 is 1.61 bits per heavy atom. The second-order valence-corrected chi connectivity index (χ2v) is 3.93. The third kappa shape index (κ3) is 1.94. The van der Waals surface area contributed by atoms with Crippen LogP contribution in [0.1, 0.15) is 11.1 Å². The molecule has 0 spiro atoms. The van der Waals surface area contributed by atoms with Crippen LogP contribution in [-0.2, 0) is 26.6 Å². The highest BCUT2D eigenvalue weighted by molar-refractivity contribution is 5.49. The maximum absolute atomic E-state index is 5.62. The van der Waals surface area contributed by atoms with Crippen molar-refractivity contribution in [2.75, 3.05) is 35.0 Å². The zero-order valence-corrected chi connectivity index (χ0v) is 11.1. The van der Waals surface area contributed by atoms with Gasteiger partial charge in [-0.3, -0.25) is 0 Å². The fourth-order valence-corrected chi connectivity index (χ4v) is 2.21. The summed E-state index contributed by atoms with van der Waals surface area (Å²) in [7, 11) is 6.31. The Morgan fingerprint density at radius 3 is 2.17 bits per heavy atom. The number of fused-ring (bicyclic) bond motifs is 1. The van der Waals surface area contributed by atoms with Crippen molar-refractivity contribution < 1.29 is 23.7 Å². The molecule has 100 valence electrons. The molecule has 5 nitrogen and oxygen atoms in total. The molecule has 0 atom stereocenters. The normalized spacial score (nSPS) is 17.1. The first-order chi connectivity index (χ1) is 8.70. The molecule has 0 radical (unpaired) electrons. The van der Waals surface area contributed by atoms with E-state index in [0.717, 1.165) is 17.5 Å². The first kappa shape index (κ1) is 13.1. The quantitative estimate of drug-likeness (QED) is 0.765. The van der Waals surface area contributed by atoms with E-state index in [0.29, 0.717) is 18.1 Å². The van der Waals surface area contributed by atoms with Crippen LogP contribution in [0.2, 0.25) is 0 Å². The van der Waals surface area contributed by atoms with Crippen molar-refractivity contribution in [3.63, 3.8) is 0 Å². The third-order valence-corrected chi connectivity index (χ3v) is 3.14. The minimum atomic E-state index is -1.16. The van der Waals surface area contributed by atoms with Crippen LogP contribution in [0.25, 0.3) is 0 Å². The van der Waals surface area contributed by atoms with Crippen LogP contribution < -0.4 is 9.47 Å². The molecule has 0 aromatic heterocycles. The van der Waals surface area contributed by atoms with Gasteiger partial charge in [-0.05, 0) is 24.1 Å². The summed E-state index contributed by atoms with van der Waals surface area (Å²) in [5.41, 5.74) is 1.89. The van der Waals surface area contributed by atoms with E-state index >= 15 is 0 Å². The van der Waals surface area contributed by atoms with E-state index in [1.54, 1.807) is 28.4 Å². The summed E-state index contributed by atoms with van der Waals surface area (Å²) in [5.74, 6) is 0.159. The maximum Gasteiger partial charge on any atom is 0.311 e. The van der Waals surface area contributed by atoms with E-state index < -0.39 is 5.97 Å². The molecule has 0 saturated heterocycles. The predicted molar refractivity (Wildman–Crippen MR) is 64.9 cm³/mol. The summed E-state index contributed by atoms with van der Waals surface area (Å²) in [6.45, 7) is 0.532. The highest BCUT2D eigenvalue weighted by Crippen LogP contribution is 2.40. The van der Waals surface area contributed by atoms with Gasteiger partial charge in [0.2, 0.25) is 0 Å². The van der Waals surface area contributed by atoms with E-state index in [9.17, 15) is 0 Å². The van der Waals surface area contributed by atoms with Crippen molar-refractivity contribution in [3.05, 3.63) is 23.3 Å². The lowest BCUT2D eigenvalue weighted by molar-refractivity contribution is -0.379. The monoisotopic (exact) mass is 254 g/mol. The topological polar surface area (TPSA) is 46.2 Å². The summed E-state index contributed by atoms with van der Waals surface area (Å²) >= 11 is 0. The average molecular weight is 254 g/mol. The second kappa shape index (κ2) is 5.14. The molecular weight excluding hydrogens is 236 g/mol. The van der Waals surface area contributed by atoms with Gasteiger partial charge in [-0.25, -0.2) is 0 Å². The number of rotatable bonds is 4. The number of methoxy groups -OCH3 is 4. The predicted octanol–water partition coefficient (Wildman–Crippen LogP) is 1.68. The highest BCUT2D eigenvalue weighted by Gasteiger charge is 2.39. The van der Waals surface area contributed by atoms with Gasteiger partial charge in [-0.15, -0.1) is 0 Å². The largest absolute Gasteiger partial charge is 0.493 e. The lowest BCUT2D eigenvalue weighted by Gasteiger charge is -2.36. The van der Waals surface area contributed by atoms with Crippen LogP contribution in [0.15, 0.2) is 12.1 Å². The van der Waals surface area contributed by atoms with Crippen molar-refractivity contribution in [2.45, 2.75) is 12.4 Å². The van der Waals surface area contributed by atoms with Crippen LogP contribution in [0.5, 0.6) is 11.5 Å². The first-order valence-electron chi connectivity index (χ1n) is 5.70. The molecule has 5 heteroatoms. The van der Waals surface area contributed by atoms with Crippen LogP contribution in [0.3, 0.4) is 0 Å². The summed E-state index contributed by atoms with van der Waals surface area (Å²) in [4.78, 5) is 0. The van der Waals surface area contributed by atoms with Gasteiger partial charge >= 0.3 is 5.97 Å². The zero-order valence-electron chi connectivity index (χ0n) is 11.1. The van der Waals surface area contributed by atoms with E-state index in [1.807, 2.05) is 12.1 Å². The summed E-state index contributed by atoms with van der Waals surface area (Å²) in [6, 6.07) is 3.77. The molecule has 1 aliphatic heterocycles. The lowest BCUT2D eigenvalue weighted by Crippen LogP contribution is -2.39. The summed E-state index contributed by atoms with van der Waals surface area (Å²) in [5, 5.41) is 0. The molecule has 1 heterocycles. The maximum atomic E-state index is 5.62. The molecule has 18 heavy (non-hydrogen) atoms. The number of hydrogen-bond donors (Lipinski definition) is 0. The zero-order chi connectivity index (χ0) is 13.2. The van der Waals surface area contributed by atoms with Gasteiger partial charge in [-0.1, -0.05) is 0 Å². The minimum Gasteiger partial charge on any atom is -0.493 e. The van der Waals surface area contributed by atoms with Crippen LogP contribution >= 0.6 is 0 Å². The van der Waals surface area contributed by atoms with Crippen LogP contribution in [-0.4, -0.2) is 35.0 Å². The number of ether oxygens (including phenoxy) is 5. The van der Waals surface area contributed by atoms with Crippen molar-refractivity contribution in [1.82, 2.24) is 0 Å². The summed E-state index contributed by atoms with van der Waals surface area (Å²) < 4.78 is 27.0. The van der Waals surface area contributed by atoms with Crippen LogP contribution in [0, 0.1) is 0 Å². The van der Waals surface area contributed by atoms with Crippen LogP contribution in [0.4, 0.5) is 0 Å². The highest BCUT2D eigenvalue weighted by atomic mass is 16.9. The van der Waals surface area contributed by atoms with E-state index in [1.165, 1.54) is 0 Å². The smallest absolute Gasteiger partial charge is 0.311 e. The molecule has 0 unspecified atom stereocenters. The molecule has 0 amide bonds.